The summed E-state index contributed by atoms with van der Waals surface area (Å²) < 4.78 is 18.5. The van der Waals surface area contributed by atoms with E-state index in [4.69, 9.17) is 22.1 Å². The molecule has 96 valence electrons. The van der Waals surface area contributed by atoms with Crippen molar-refractivity contribution in [1.29, 1.82) is 0 Å². The molecule has 2 nitrogen and oxygen atoms in total. The molecule has 2 N–H and O–H groups in total. The van der Waals surface area contributed by atoms with Crippen LogP contribution in [0.2, 0.25) is 5.02 Å². The van der Waals surface area contributed by atoms with E-state index in [0.29, 0.717) is 10.6 Å². The van der Waals surface area contributed by atoms with Crippen molar-refractivity contribution in [1.82, 2.24) is 0 Å². The minimum atomic E-state index is -0.421. The highest BCUT2D eigenvalue weighted by Crippen LogP contribution is 2.35. The number of rotatable bonds is 3. The molecule has 0 aliphatic rings. The van der Waals surface area contributed by atoms with Gasteiger partial charge in [0.15, 0.2) is 11.6 Å². The standard InChI is InChI=1S/C13H13ClFNOS/c1-7-6-18-13(11(7)14)12(16)8-3-4-10(17-2)9(15)5-8/h3-6,12H,16H2,1-2H3. The first-order chi connectivity index (χ1) is 8.54. The minimum Gasteiger partial charge on any atom is -0.494 e. The third kappa shape index (κ3) is 2.36. The molecule has 2 aromatic rings. The zero-order chi connectivity index (χ0) is 13.3. The molecule has 0 fully saturated rings. The number of ether oxygens (including phenoxy) is 1. The maximum Gasteiger partial charge on any atom is 0.165 e. The summed E-state index contributed by atoms with van der Waals surface area (Å²) in [6.07, 6.45) is 0. The van der Waals surface area contributed by atoms with Gasteiger partial charge in [0, 0.05) is 4.88 Å². The molecule has 0 saturated heterocycles. The Balaban J connectivity index is 2.37. The highest BCUT2D eigenvalue weighted by Gasteiger charge is 2.17. The summed E-state index contributed by atoms with van der Waals surface area (Å²) >= 11 is 7.65. The Kier molecular flexibility index (Phi) is 3.90. The molecule has 0 saturated carbocycles. The second kappa shape index (κ2) is 5.26. The summed E-state index contributed by atoms with van der Waals surface area (Å²) in [6, 6.07) is 4.28. The van der Waals surface area contributed by atoms with Crippen LogP contribution >= 0.6 is 22.9 Å². The van der Waals surface area contributed by atoms with Crippen LogP contribution in [0.3, 0.4) is 0 Å². The van der Waals surface area contributed by atoms with E-state index in [2.05, 4.69) is 0 Å². The van der Waals surface area contributed by atoms with E-state index in [-0.39, 0.29) is 5.75 Å². The zero-order valence-electron chi connectivity index (χ0n) is 10.0. The van der Waals surface area contributed by atoms with E-state index < -0.39 is 11.9 Å². The fraction of sp³-hybridized carbons (Fsp3) is 0.231. The maximum absolute atomic E-state index is 13.6. The monoisotopic (exact) mass is 285 g/mol. The molecule has 0 bridgehead atoms. The topological polar surface area (TPSA) is 35.2 Å². The van der Waals surface area contributed by atoms with Gasteiger partial charge in [-0.15, -0.1) is 11.3 Å². The molecule has 18 heavy (non-hydrogen) atoms. The van der Waals surface area contributed by atoms with Crippen molar-refractivity contribution in [3.05, 3.63) is 50.4 Å². The van der Waals surface area contributed by atoms with E-state index in [1.165, 1.54) is 24.5 Å². The highest BCUT2D eigenvalue weighted by atomic mass is 35.5. The van der Waals surface area contributed by atoms with Gasteiger partial charge in [-0.1, -0.05) is 17.7 Å². The van der Waals surface area contributed by atoms with Gasteiger partial charge in [-0.25, -0.2) is 4.39 Å². The molecule has 0 aliphatic carbocycles. The van der Waals surface area contributed by atoms with Gasteiger partial charge in [-0.05, 0) is 35.6 Å². The van der Waals surface area contributed by atoms with Crippen LogP contribution in [0.25, 0.3) is 0 Å². The largest absolute Gasteiger partial charge is 0.494 e. The summed E-state index contributed by atoms with van der Waals surface area (Å²) in [7, 11) is 1.43. The Labute approximate surface area is 114 Å². The first-order valence-corrected chi connectivity index (χ1v) is 6.63. The average molecular weight is 286 g/mol. The summed E-state index contributed by atoms with van der Waals surface area (Å²) in [6.45, 7) is 1.92. The van der Waals surface area contributed by atoms with E-state index in [9.17, 15) is 4.39 Å². The zero-order valence-corrected chi connectivity index (χ0v) is 11.6. The van der Waals surface area contributed by atoms with Crippen molar-refractivity contribution in [2.45, 2.75) is 13.0 Å². The van der Waals surface area contributed by atoms with Crippen LogP contribution in [-0.2, 0) is 0 Å². The van der Waals surface area contributed by atoms with Gasteiger partial charge in [0.2, 0.25) is 0 Å². The Morgan fingerprint density at radius 3 is 2.67 bits per heavy atom. The lowest BCUT2D eigenvalue weighted by molar-refractivity contribution is 0.386. The number of aryl methyl sites for hydroxylation is 1. The number of methoxy groups -OCH3 is 1. The van der Waals surface area contributed by atoms with Crippen molar-refractivity contribution >= 4 is 22.9 Å². The van der Waals surface area contributed by atoms with E-state index in [0.717, 1.165) is 10.4 Å². The first kappa shape index (κ1) is 13.3. The number of hydrogen-bond donors (Lipinski definition) is 1. The molecular weight excluding hydrogens is 273 g/mol. The fourth-order valence-corrected chi connectivity index (χ4v) is 3.03. The van der Waals surface area contributed by atoms with Crippen molar-refractivity contribution in [3.8, 4) is 5.75 Å². The van der Waals surface area contributed by atoms with Gasteiger partial charge >= 0.3 is 0 Å². The van der Waals surface area contributed by atoms with Crippen molar-refractivity contribution in [2.24, 2.45) is 5.73 Å². The predicted molar refractivity (Wildman–Crippen MR) is 73.0 cm³/mol. The van der Waals surface area contributed by atoms with Gasteiger partial charge in [-0.2, -0.15) is 0 Å². The summed E-state index contributed by atoms with van der Waals surface area (Å²) in [5, 5.41) is 2.60. The van der Waals surface area contributed by atoms with Crippen molar-refractivity contribution in [2.75, 3.05) is 7.11 Å². The lowest BCUT2D eigenvalue weighted by Crippen LogP contribution is -2.11. The Morgan fingerprint density at radius 1 is 1.44 bits per heavy atom. The number of hydrogen-bond acceptors (Lipinski definition) is 3. The van der Waals surface area contributed by atoms with E-state index in [1.54, 1.807) is 12.1 Å². The quantitative estimate of drug-likeness (QED) is 0.928. The molecule has 1 aromatic heterocycles. The predicted octanol–water partition coefficient (Wildman–Crippen LogP) is 3.91. The van der Waals surface area contributed by atoms with Crippen LogP contribution in [0.5, 0.6) is 5.75 Å². The van der Waals surface area contributed by atoms with Crippen molar-refractivity contribution in [3.63, 3.8) is 0 Å². The Bertz CT molecular complexity index is 570. The normalized spacial score (nSPS) is 12.5. The van der Waals surface area contributed by atoms with Crippen molar-refractivity contribution < 1.29 is 9.13 Å². The summed E-state index contributed by atoms with van der Waals surface area (Å²) in [5.74, 6) is -0.214. The smallest absolute Gasteiger partial charge is 0.165 e. The molecule has 1 unspecified atom stereocenters. The number of halogens is 2. The average Bonchev–Trinajstić information content (AvgIpc) is 2.69. The van der Waals surface area contributed by atoms with Gasteiger partial charge in [0.1, 0.15) is 0 Å². The molecule has 0 amide bonds. The number of nitrogens with two attached hydrogens (primary N) is 1. The van der Waals surface area contributed by atoms with Crippen LogP contribution < -0.4 is 10.5 Å². The van der Waals surface area contributed by atoms with Gasteiger partial charge in [0.25, 0.3) is 0 Å². The second-order valence-electron chi connectivity index (χ2n) is 3.97. The molecular formula is C13H13ClFNOS. The molecule has 1 atom stereocenters. The molecule has 0 aliphatic heterocycles. The molecule has 0 radical (unpaired) electrons. The van der Waals surface area contributed by atoms with Gasteiger partial charge in [0.05, 0.1) is 18.2 Å². The van der Waals surface area contributed by atoms with Crippen LogP contribution in [0, 0.1) is 12.7 Å². The van der Waals surface area contributed by atoms with E-state index in [1.807, 2.05) is 12.3 Å². The van der Waals surface area contributed by atoms with Crippen LogP contribution in [0.4, 0.5) is 4.39 Å². The molecule has 5 heteroatoms. The van der Waals surface area contributed by atoms with Gasteiger partial charge < -0.3 is 10.5 Å². The van der Waals surface area contributed by atoms with Crippen LogP contribution in [-0.4, -0.2) is 7.11 Å². The molecule has 1 heterocycles. The lowest BCUT2D eigenvalue weighted by atomic mass is 10.1. The minimum absolute atomic E-state index is 0.208. The molecule has 2 rings (SSSR count). The Morgan fingerprint density at radius 2 is 2.17 bits per heavy atom. The lowest BCUT2D eigenvalue weighted by Gasteiger charge is -2.12. The van der Waals surface area contributed by atoms with Gasteiger partial charge in [-0.3, -0.25) is 0 Å². The summed E-state index contributed by atoms with van der Waals surface area (Å²) in [5.41, 5.74) is 7.77. The Hall–Kier alpha value is -1.10. The SMILES string of the molecule is COc1ccc(C(N)c2scc(C)c2Cl)cc1F. The molecule has 0 spiro atoms. The molecule has 1 aromatic carbocycles. The maximum atomic E-state index is 13.6. The summed E-state index contributed by atoms with van der Waals surface area (Å²) in [4.78, 5) is 0.846. The van der Waals surface area contributed by atoms with E-state index >= 15 is 0 Å². The van der Waals surface area contributed by atoms with Crippen LogP contribution in [0.15, 0.2) is 23.6 Å². The third-order valence-electron chi connectivity index (χ3n) is 2.74. The van der Waals surface area contributed by atoms with Crippen LogP contribution in [0.1, 0.15) is 22.0 Å². The first-order valence-electron chi connectivity index (χ1n) is 5.37. The fourth-order valence-electron chi connectivity index (χ4n) is 1.69. The third-order valence-corrected chi connectivity index (χ3v) is 4.54. The number of benzene rings is 1. The number of thiophene rings is 1. The highest BCUT2D eigenvalue weighted by molar-refractivity contribution is 7.10. The second-order valence-corrected chi connectivity index (χ2v) is 5.26.